The minimum Gasteiger partial charge on any atom is -0.496 e. The van der Waals surface area contributed by atoms with Crippen molar-refractivity contribution in [3.8, 4) is 5.75 Å². The van der Waals surface area contributed by atoms with E-state index in [2.05, 4.69) is 0 Å². The Kier molecular flexibility index (Phi) is 5.61. The van der Waals surface area contributed by atoms with Gasteiger partial charge in [-0.1, -0.05) is 37.5 Å². The number of amides is 1. The second-order valence-electron chi connectivity index (χ2n) is 9.16. The molecule has 2 aromatic rings. The van der Waals surface area contributed by atoms with Gasteiger partial charge < -0.3 is 9.64 Å². The highest BCUT2D eigenvalue weighted by Gasteiger charge is 2.35. The maximum atomic E-state index is 13.5. The van der Waals surface area contributed by atoms with Gasteiger partial charge in [0.05, 0.1) is 23.3 Å². The Morgan fingerprint density at radius 2 is 1.78 bits per heavy atom. The fraction of sp³-hybridized carbons (Fsp3) is 0.480. The van der Waals surface area contributed by atoms with Crippen molar-refractivity contribution in [2.24, 2.45) is 11.8 Å². The predicted octanol–water partition coefficient (Wildman–Crippen LogP) is 4.10. The molecule has 0 radical (unpaired) electrons. The third kappa shape index (κ3) is 3.66. The summed E-state index contributed by atoms with van der Waals surface area (Å²) >= 11 is 0. The number of anilines is 1. The van der Waals surface area contributed by atoms with Crippen molar-refractivity contribution in [3.05, 3.63) is 53.6 Å². The summed E-state index contributed by atoms with van der Waals surface area (Å²) in [5.74, 6) is 1.56. The molecule has 2 aliphatic heterocycles. The molecule has 3 aliphatic rings. The van der Waals surface area contributed by atoms with Gasteiger partial charge in [-0.15, -0.1) is 0 Å². The Balaban J connectivity index is 1.45. The van der Waals surface area contributed by atoms with Crippen LogP contribution in [0.2, 0.25) is 0 Å². The van der Waals surface area contributed by atoms with E-state index in [0.717, 1.165) is 36.7 Å². The van der Waals surface area contributed by atoms with E-state index < -0.39 is 10.0 Å². The van der Waals surface area contributed by atoms with Crippen molar-refractivity contribution in [3.63, 3.8) is 0 Å². The number of carbonyl (C=O) groups excluding carboxylic acids is 1. The smallest absolute Gasteiger partial charge is 0.264 e. The Morgan fingerprint density at radius 3 is 2.59 bits per heavy atom. The summed E-state index contributed by atoms with van der Waals surface area (Å²) in [6, 6.07) is 12.2. The zero-order valence-corrected chi connectivity index (χ0v) is 19.3. The molecule has 0 spiro atoms. The van der Waals surface area contributed by atoms with Crippen molar-refractivity contribution in [1.29, 1.82) is 0 Å². The van der Waals surface area contributed by atoms with Crippen LogP contribution in [0.3, 0.4) is 0 Å². The van der Waals surface area contributed by atoms with Crippen molar-refractivity contribution in [2.45, 2.75) is 43.4 Å². The molecule has 6 nitrogen and oxygen atoms in total. The topological polar surface area (TPSA) is 66.9 Å². The number of nitrogens with zero attached hydrogens (tertiary/aromatic N) is 2. The number of piperidine rings is 1. The van der Waals surface area contributed by atoms with E-state index in [1.54, 1.807) is 12.1 Å². The van der Waals surface area contributed by atoms with Crippen LogP contribution in [-0.2, 0) is 16.4 Å². The van der Waals surface area contributed by atoms with Gasteiger partial charge in [-0.05, 0) is 60.9 Å². The summed E-state index contributed by atoms with van der Waals surface area (Å²) < 4.78 is 33.9. The molecule has 0 bridgehead atoms. The molecule has 2 unspecified atom stereocenters. The molecule has 1 aliphatic carbocycles. The first-order valence-corrected chi connectivity index (χ1v) is 13.0. The summed E-state index contributed by atoms with van der Waals surface area (Å²) in [5.41, 5.74) is 2.07. The number of hydrogen-bond donors (Lipinski definition) is 0. The van der Waals surface area contributed by atoms with E-state index in [4.69, 9.17) is 4.74 Å². The largest absolute Gasteiger partial charge is 0.496 e. The lowest BCUT2D eigenvalue weighted by Gasteiger charge is -2.41. The molecule has 0 aromatic heterocycles. The van der Waals surface area contributed by atoms with E-state index >= 15 is 0 Å². The molecule has 2 heterocycles. The van der Waals surface area contributed by atoms with Crippen LogP contribution in [0.25, 0.3) is 0 Å². The average molecular weight is 455 g/mol. The Bertz CT molecular complexity index is 1130. The number of methoxy groups -OCH3 is 1. The number of likely N-dealkylation sites (tertiary alicyclic amines) is 1. The van der Waals surface area contributed by atoms with Crippen LogP contribution in [0, 0.1) is 11.8 Å². The third-order valence-corrected chi connectivity index (χ3v) is 9.22. The van der Waals surface area contributed by atoms with Crippen LogP contribution in [-0.4, -0.2) is 46.0 Å². The van der Waals surface area contributed by atoms with Crippen molar-refractivity contribution < 1.29 is 17.9 Å². The molecule has 1 amide bonds. The van der Waals surface area contributed by atoms with E-state index in [0.29, 0.717) is 30.2 Å². The number of sulfonamides is 1. The van der Waals surface area contributed by atoms with Crippen LogP contribution < -0.4 is 9.04 Å². The van der Waals surface area contributed by atoms with Crippen LogP contribution in [0.5, 0.6) is 5.75 Å². The number of fused-ring (bicyclic) bond motifs is 2. The minimum atomic E-state index is -3.78. The van der Waals surface area contributed by atoms with Crippen LogP contribution in [0.15, 0.2) is 47.4 Å². The summed E-state index contributed by atoms with van der Waals surface area (Å²) in [6.45, 7) is 1.88. The number of para-hydroxylation sites is 1. The first-order chi connectivity index (χ1) is 15.5. The SMILES string of the molecule is COc1ccc(S(=O)(=O)N2CCc3ccccc32)cc1C(=O)N1CCC2CCCCC2C1. The van der Waals surface area contributed by atoms with Gasteiger partial charge in [-0.25, -0.2) is 8.42 Å². The molecular formula is C25H30N2O4S. The van der Waals surface area contributed by atoms with Gasteiger partial charge in [0, 0.05) is 19.6 Å². The van der Waals surface area contributed by atoms with Crippen molar-refractivity contribution >= 4 is 21.6 Å². The first-order valence-electron chi connectivity index (χ1n) is 11.6. The van der Waals surface area contributed by atoms with Gasteiger partial charge in [-0.2, -0.15) is 0 Å². The molecule has 0 N–H and O–H groups in total. The number of benzene rings is 2. The Hall–Kier alpha value is -2.54. The van der Waals surface area contributed by atoms with Crippen LogP contribution in [0.1, 0.15) is 48.0 Å². The lowest BCUT2D eigenvalue weighted by atomic mass is 9.75. The quantitative estimate of drug-likeness (QED) is 0.698. The number of carbonyl (C=O) groups is 1. The highest BCUT2D eigenvalue weighted by atomic mass is 32.2. The predicted molar refractivity (Wildman–Crippen MR) is 124 cm³/mol. The third-order valence-electron chi connectivity index (χ3n) is 7.41. The molecule has 2 aromatic carbocycles. The maximum absolute atomic E-state index is 13.5. The number of ether oxygens (including phenoxy) is 1. The molecule has 1 saturated carbocycles. The normalized spacial score (nSPS) is 22.9. The van der Waals surface area contributed by atoms with Gasteiger partial charge >= 0.3 is 0 Å². The first kappa shape index (κ1) is 21.3. The lowest BCUT2D eigenvalue weighted by molar-refractivity contribution is 0.0518. The molecule has 170 valence electrons. The number of hydrogen-bond acceptors (Lipinski definition) is 4. The standard InChI is InChI=1S/C25H30N2O4S/c1-31-24-11-10-21(32(29,30)27-15-13-19-7-4-5-9-23(19)27)16-22(24)25(28)26-14-12-18-6-2-3-8-20(18)17-26/h4-5,7,9-11,16,18,20H,2-3,6,8,12-15,17H2,1H3. The van der Waals surface area contributed by atoms with Crippen molar-refractivity contribution in [1.82, 2.24) is 4.90 Å². The number of rotatable bonds is 4. The van der Waals surface area contributed by atoms with Gasteiger partial charge in [0.1, 0.15) is 5.75 Å². The Labute approximate surface area is 190 Å². The van der Waals surface area contributed by atoms with Crippen LogP contribution >= 0.6 is 0 Å². The molecular weight excluding hydrogens is 424 g/mol. The molecule has 5 rings (SSSR count). The summed E-state index contributed by atoms with van der Waals surface area (Å²) in [6.07, 6.45) is 6.68. The average Bonchev–Trinajstić information content (AvgIpc) is 3.28. The second kappa shape index (κ2) is 8.43. The highest BCUT2D eigenvalue weighted by Crippen LogP contribution is 2.38. The van der Waals surface area contributed by atoms with Gasteiger partial charge in [0.25, 0.3) is 15.9 Å². The Morgan fingerprint density at radius 1 is 1.00 bits per heavy atom. The van der Waals surface area contributed by atoms with E-state index in [1.165, 1.54) is 43.2 Å². The maximum Gasteiger partial charge on any atom is 0.264 e. The minimum absolute atomic E-state index is 0.130. The van der Waals surface area contributed by atoms with E-state index in [1.807, 2.05) is 29.2 Å². The molecule has 2 atom stereocenters. The van der Waals surface area contributed by atoms with Crippen molar-refractivity contribution in [2.75, 3.05) is 31.0 Å². The molecule has 1 saturated heterocycles. The zero-order valence-electron chi connectivity index (χ0n) is 18.5. The zero-order chi connectivity index (χ0) is 22.3. The highest BCUT2D eigenvalue weighted by molar-refractivity contribution is 7.92. The fourth-order valence-corrected chi connectivity index (χ4v) is 7.19. The van der Waals surface area contributed by atoms with E-state index in [9.17, 15) is 13.2 Å². The summed E-state index contributed by atoms with van der Waals surface area (Å²) in [7, 11) is -2.26. The van der Waals surface area contributed by atoms with Gasteiger partial charge in [0.2, 0.25) is 0 Å². The fourth-order valence-electron chi connectivity index (χ4n) is 5.66. The van der Waals surface area contributed by atoms with Gasteiger partial charge in [-0.3, -0.25) is 9.10 Å². The van der Waals surface area contributed by atoms with Crippen LogP contribution in [0.4, 0.5) is 5.69 Å². The van der Waals surface area contributed by atoms with Gasteiger partial charge in [0.15, 0.2) is 0 Å². The summed E-state index contributed by atoms with van der Waals surface area (Å²) in [5, 5.41) is 0. The molecule has 2 fully saturated rings. The van der Waals surface area contributed by atoms with E-state index in [-0.39, 0.29) is 10.8 Å². The molecule has 7 heteroatoms. The lowest BCUT2D eigenvalue weighted by Crippen LogP contribution is -2.44. The summed E-state index contributed by atoms with van der Waals surface area (Å²) in [4.78, 5) is 15.5. The monoisotopic (exact) mass is 454 g/mol. The second-order valence-corrected chi connectivity index (χ2v) is 11.0. The molecule has 32 heavy (non-hydrogen) atoms.